The van der Waals surface area contributed by atoms with Crippen LogP contribution in [0.15, 0.2) is 72.8 Å². The van der Waals surface area contributed by atoms with Gasteiger partial charge in [-0.3, -0.25) is 0 Å². The van der Waals surface area contributed by atoms with E-state index in [1.165, 1.54) is 0 Å². The van der Waals surface area contributed by atoms with E-state index in [2.05, 4.69) is 104 Å². The molecular formula is C26H37BO3Si. The molecule has 0 aromatic heterocycles. The maximum atomic E-state index is 7.28. The minimum atomic E-state index is -2.97. The average molecular weight is 436 g/mol. The fourth-order valence-corrected chi connectivity index (χ4v) is 8.40. The van der Waals surface area contributed by atoms with Crippen LogP contribution in [0.4, 0.5) is 0 Å². The largest absolute Gasteiger partial charge is 0.479 e. The zero-order valence-corrected chi connectivity index (χ0v) is 21.1. The van der Waals surface area contributed by atoms with Gasteiger partial charge in [0.2, 0.25) is 0 Å². The first-order valence-corrected chi connectivity index (χ1v) is 13.3. The summed E-state index contributed by atoms with van der Waals surface area (Å²) in [4.78, 5) is 0. The van der Waals surface area contributed by atoms with Crippen LogP contribution in [-0.2, 0) is 13.7 Å². The molecule has 2 aromatic carbocycles. The summed E-state index contributed by atoms with van der Waals surface area (Å²) in [5.74, 6) is 0.332. The van der Waals surface area contributed by atoms with Crippen LogP contribution >= 0.6 is 0 Å². The standard InChI is InChI=1S/C26H37BO3Si/c1-20(2)19-24(21(3)4)28-31(22-15-11-9-12-16-22,23-17-13-10-14-18-23)27-29-25(5,6)26(7,8)30-27/h9-18,21,24H,1,19H2,2-8H3. The monoisotopic (exact) mass is 436 g/mol. The Balaban J connectivity index is 2.24. The lowest BCUT2D eigenvalue weighted by atomic mass is 9.90. The molecule has 1 aliphatic rings. The minimum absolute atomic E-state index is 0.0172. The Morgan fingerprint density at radius 2 is 1.32 bits per heavy atom. The molecule has 1 aliphatic heterocycles. The first kappa shape index (κ1) is 24.0. The summed E-state index contributed by atoms with van der Waals surface area (Å²) >= 11 is 0. The summed E-state index contributed by atoms with van der Waals surface area (Å²) in [5.41, 5.74) is 0.242. The van der Waals surface area contributed by atoms with Crippen LogP contribution < -0.4 is 10.4 Å². The van der Waals surface area contributed by atoms with Crippen molar-refractivity contribution < 1.29 is 13.7 Å². The zero-order chi connectivity index (χ0) is 22.9. The van der Waals surface area contributed by atoms with Gasteiger partial charge < -0.3 is 13.7 Å². The van der Waals surface area contributed by atoms with E-state index in [0.717, 1.165) is 22.4 Å². The van der Waals surface area contributed by atoms with Crippen molar-refractivity contribution in [3.63, 3.8) is 0 Å². The van der Waals surface area contributed by atoms with Gasteiger partial charge in [0.25, 0.3) is 8.19 Å². The lowest BCUT2D eigenvalue weighted by Crippen LogP contribution is -2.73. The number of benzene rings is 2. The van der Waals surface area contributed by atoms with Crippen molar-refractivity contribution in [3.05, 3.63) is 72.8 Å². The molecule has 3 nitrogen and oxygen atoms in total. The SMILES string of the molecule is C=C(C)CC(O[Si](B1OC(C)(C)C(C)(C)O1)(c1ccccc1)c1ccccc1)C(C)C. The summed E-state index contributed by atoms with van der Waals surface area (Å²) in [6, 6.07) is 21.1. The van der Waals surface area contributed by atoms with E-state index < -0.39 is 26.1 Å². The van der Waals surface area contributed by atoms with Crippen LogP contribution in [0.25, 0.3) is 0 Å². The third kappa shape index (κ3) is 4.75. The maximum absolute atomic E-state index is 7.28. The second kappa shape index (κ2) is 9.07. The van der Waals surface area contributed by atoms with Crippen LogP contribution in [0.3, 0.4) is 0 Å². The van der Waals surface area contributed by atoms with Gasteiger partial charge in [0.05, 0.1) is 17.3 Å². The lowest BCUT2D eigenvalue weighted by Gasteiger charge is -2.39. The van der Waals surface area contributed by atoms with E-state index in [1.54, 1.807) is 0 Å². The van der Waals surface area contributed by atoms with Crippen LogP contribution in [-0.4, -0.2) is 32.2 Å². The second-order valence-electron chi connectivity index (χ2n) is 10.1. The summed E-state index contributed by atoms with van der Waals surface area (Å²) in [5, 5.41) is 2.32. The van der Waals surface area contributed by atoms with Crippen molar-refractivity contribution in [2.75, 3.05) is 0 Å². The number of hydrogen-bond acceptors (Lipinski definition) is 3. The molecule has 1 atom stereocenters. The Kier molecular flexibility index (Phi) is 7.02. The van der Waals surface area contributed by atoms with Crippen molar-refractivity contribution in [2.45, 2.75) is 72.2 Å². The molecule has 166 valence electrons. The Morgan fingerprint density at radius 1 is 0.903 bits per heavy atom. The Bertz CT molecular complexity index is 825. The highest BCUT2D eigenvalue weighted by Crippen LogP contribution is 2.40. The van der Waals surface area contributed by atoms with Crippen LogP contribution in [0.1, 0.15) is 54.9 Å². The van der Waals surface area contributed by atoms with E-state index >= 15 is 0 Å². The second-order valence-corrected chi connectivity index (χ2v) is 13.5. The molecule has 2 aromatic rings. The molecule has 0 spiro atoms. The molecule has 0 amide bonds. The van der Waals surface area contributed by atoms with Crippen molar-refractivity contribution >= 4 is 25.3 Å². The summed E-state index contributed by atoms with van der Waals surface area (Å²) in [6.45, 7) is 18.6. The molecule has 0 N–H and O–H groups in total. The van der Waals surface area contributed by atoms with E-state index in [9.17, 15) is 0 Å². The average Bonchev–Trinajstić information content (AvgIpc) is 2.93. The third-order valence-electron chi connectivity index (χ3n) is 6.62. The fourth-order valence-electron chi connectivity index (χ4n) is 4.01. The molecule has 0 saturated carbocycles. The first-order valence-electron chi connectivity index (χ1n) is 11.3. The molecule has 31 heavy (non-hydrogen) atoms. The highest BCUT2D eigenvalue weighted by atomic mass is 28.3. The third-order valence-corrected chi connectivity index (χ3v) is 10.6. The molecule has 0 aliphatic carbocycles. The zero-order valence-electron chi connectivity index (χ0n) is 20.1. The molecule has 1 saturated heterocycles. The highest BCUT2D eigenvalue weighted by Gasteiger charge is 2.64. The van der Waals surface area contributed by atoms with Gasteiger partial charge in [-0.2, -0.15) is 0 Å². The summed E-state index contributed by atoms with van der Waals surface area (Å²) in [6.07, 6.45) is 0.828. The summed E-state index contributed by atoms with van der Waals surface area (Å²) < 4.78 is 20.7. The fraction of sp³-hybridized carbons (Fsp3) is 0.462. The van der Waals surface area contributed by atoms with Crippen molar-refractivity contribution in [3.8, 4) is 0 Å². The van der Waals surface area contributed by atoms with E-state index in [-0.39, 0.29) is 6.10 Å². The predicted octanol–water partition coefficient (Wildman–Crippen LogP) is 4.92. The van der Waals surface area contributed by atoms with Crippen molar-refractivity contribution in [1.29, 1.82) is 0 Å². The molecule has 3 rings (SSSR count). The molecule has 1 fully saturated rings. The molecular weight excluding hydrogens is 399 g/mol. The first-order chi connectivity index (χ1) is 14.5. The van der Waals surface area contributed by atoms with Gasteiger partial charge >= 0.3 is 6.71 Å². The predicted molar refractivity (Wildman–Crippen MR) is 133 cm³/mol. The van der Waals surface area contributed by atoms with Gasteiger partial charge in [-0.15, -0.1) is 6.58 Å². The Hall–Kier alpha value is -1.66. The quantitative estimate of drug-likeness (QED) is 0.434. The van der Waals surface area contributed by atoms with Crippen molar-refractivity contribution in [2.24, 2.45) is 5.92 Å². The molecule has 1 heterocycles. The maximum Gasteiger partial charge on any atom is 0.479 e. The molecule has 0 radical (unpaired) electrons. The van der Waals surface area contributed by atoms with Crippen LogP contribution in [0, 0.1) is 5.92 Å². The van der Waals surface area contributed by atoms with Crippen molar-refractivity contribution in [1.82, 2.24) is 0 Å². The lowest BCUT2D eigenvalue weighted by molar-refractivity contribution is 0.00578. The van der Waals surface area contributed by atoms with Gasteiger partial charge in [-0.05, 0) is 57.3 Å². The van der Waals surface area contributed by atoms with Gasteiger partial charge in [0, 0.05) is 0 Å². The van der Waals surface area contributed by atoms with Gasteiger partial charge in [0.1, 0.15) is 0 Å². The molecule has 1 unspecified atom stereocenters. The van der Waals surface area contributed by atoms with Crippen LogP contribution in [0.2, 0.25) is 0 Å². The number of hydrogen-bond donors (Lipinski definition) is 0. The van der Waals surface area contributed by atoms with Gasteiger partial charge in [-0.25, -0.2) is 0 Å². The topological polar surface area (TPSA) is 27.7 Å². The van der Waals surface area contributed by atoms with E-state index in [4.69, 9.17) is 13.7 Å². The molecule has 0 bridgehead atoms. The van der Waals surface area contributed by atoms with Gasteiger partial charge in [-0.1, -0.05) is 80.1 Å². The smallest absolute Gasteiger partial charge is 0.405 e. The number of rotatable bonds is 8. The van der Waals surface area contributed by atoms with Crippen LogP contribution in [0.5, 0.6) is 0 Å². The normalized spacial score (nSPS) is 18.9. The highest BCUT2D eigenvalue weighted by molar-refractivity contribution is 7.37. The molecule has 5 heteroatoms. The van der Waals surface area contributed by atoms with E-state index in [0.29, 0.717) is 5.92 Å². The van der Waals surface area contributed by atoms with Gasteiger partial charge in [0.15, 0.2) is 0 Å². The Labute approximate surface area is 190 Å². The minimum Gasteiger partial charge on any atom is -0.405 e. The van der Waals surface area contributed by atoms with E-state index in [1.807, 2.05) is 12.1 Å². The summed E-state index contributed by atoms with van der Waals surface area (Å²) in [7, 11) is -2.97. The Morgan fingerprint density at radius 3 is 1.68 bits per heavy atom.